The molecule has 0 bridgehead atoms. The molecule has 0 aliphatic heterocycles. The van der Waals surface area contributed by atoms with Crippen LogP contribution in [0.1, 0.15) is 39.0 Å². The first-order valence-corrected chi connectivity index (χ1v) is 4.33. The molecule has 0 N–H and O–H groups in total. The van der Waals surface area contributed by atoms with E-state index < -0.39 is 0 Å². The van der Waals surface area contributed by atoms with Gasteiger partial charge in [0.05, 0.1) is 0 Å². The second-order valence-electron chi connectivity index (χ2n) is 2.97. The van der Waals surface area contributed by atoms with Crippen LogP contribution >= 0.6 is 0 Å². The second-order valence-corrected chi connectivity index (χ2v) is 2.97. The number of hydrogen-bond acceptors (Lipinski definition) is 1. The van der Waals surface area contributed by atoms with Crippen LogP contribution in [0.2, 0.25) is 0 Å². The maximum absolute atomic E-state index is 11.1. The van der Waals surface area contributed by atoms with Gasteiger partial charge in [0, 0.05) is 25.2 Å². The van der Waals surface area contributed by atoms with Crippen LogP contribution in [0.25, 0.3) is 0 Å². The molecule has 1 nitrogen and oxygen atoms in total. The molecule has 1 fully saturated rings. The number of carbonyl (C=O) groups is 1. The highest BCUT2D eigenvalue weighted by Gasteiger charge is 2.22. The number of hydrogen-bond donors (Lipinski definition) is 0. The molecule has 1 aliphatic rings. The molecule has 0 heterocycles. The summed E-state index contributed by atoms with van der Waals surface area (Å²) in [4.78, 5) is 11.1. The molecular formula is C10H14O. The van der Waals surface area contributed by atoms with E-state index >= 15 is 0 Å². The topological polar surface area (TPSA) is 17.1 Å². The Bertz CT molecular complexity index is 195. The Morgan fingerprint density at radius 1 is 1.55 bits per heavy atom. The summed E-state index contributed by atoms with van der Waals surface area (Å²) in [5, 5.41) is 0. The zero-order valence-corrected chi connectivity index (χ0v) is 7.02. The normalized spacial score (nSPS) is 23.0. The van der Waals surface area contributed by atoms with Crippen molar-refractivity contribution in [1.82, 2.24) is 0 Å². The van der Waals surface area contributed by atoms with Crippen LogP contribution in [0, 0.1) is 17.8 Å². The molecule has 0 radical (unpaired) electrons. The number of carbonyl (C=O) groups excluding carboxylic acids is 1. The van der Waals surface area contributed by atoms with Gasteiger partial charge in [-0.15, -0.1) is 11.8 Å². The van der Waals surface area contributed by atoms with E-state index in [0.29, 0.717) is 5.78 Å². The van der Waals surface area contributed by atoms with Crippen molar-refractivity contribution in [3.63, 3.8) is 0 Å². The van der Waals surface area contributed by atoms with Gasteiger partial charge in [0.25, 0.3) is 0 Å². The Labute approximate surface area is 68.2 Å². The molecule has 1 atom stereocenters. The average Bonchev–Trinajstić information content (AvgIpc) is 2.37. The average molecular weight is 150 g/mol. The van der Waals surface area contributed by atoms with Crippen LogP contribution in [0.4, 0.5) is 0 Å². The van der Waals surface area contributed by atoms with E-state index in [0.717, 1.165) is 32.1 Å². The van der Waals surface area contributed by atoms with Gasteiger partial charge in [-0.1, -0.05) is 6.92 Å². The van der Waals surface area contributed by atoms with Crippen molar-refractivity contribution in [3.05, 3.63) is 0 Å². The van der Waals surface area contributed by atoms with E-state index in [-0.39, 0.29) is 5.92 Å². The van der Waals surface area contributed by atoms with Crippen LogP contribution in [0.15, 0.2) is 0 Å². The molecule has 11 heavy (non-hydrogen) atoms. The number of Topliss-reactive ketones (excluding diaryl/α,β-unsaturated/α-hetero) is 1. The highest BCUT2D eigenvalue weighted by atomic mass is 16.1. The first-order valence-electron chi connectivity index (χ1n) is 4.33. The minimum absolute atomic E-state index is 0.272. The molecule has 0 aromatic heterocycles. The Kier molecular flexibility index (Phi) is 3.16. The van der Waals surface area contributed by atoms with Crippen LogP contribution < -0.4 is 0 Å². The van der Waals surface area contributed by atoms with Gasteiger partial charge in [-0.3, -0.25) is 4.79 Å². The fraction of sp³-hybridized carbons (Fsp3) is 0.700. The quantitative estimate of drug-likeness (QED) is 0.523. The van der Waals surface area contributed by atoms with Gasteiger partial charge in [-0.05, 0) is 12.8 Å². The summed E-state index contributed by atoms with van der Waals surface area (Å²) in [5.74, 6) is 6.73. The lowest BCUT2D eigenvalue weighted by Crippen LogP contribution is -2.04. The van der Waals surface area contributed by atoms with Crippen LogP contribution in [0.5, 0.6) is 0 Å². The Hall–Kier alpha value is -0.770. The maximum atomic E-state index is 11.1. The lowest BCUT2D eigenvalue weighted by molar-refractivity contribution is -0.120. The van der Waals surface area contributed by atoms with E-state index in [1.54, 1.807) is 0 Å². The van der Waals surface area contributed by atoms with Gasteiger partial charge < -0.3 is 0 Å². The number of ketones is 1. The molecule has 0 aromatic rings. The maximum Gasteiger partial charge on any atom is 0.136 e. The summed E-state index contributed by atoms with van der Waals surface area (Å²) in [5.41, 5.74) is 0. The monoisotopic (exact) mass is 150 g/mol. The molecule has 1 aliphatic carbocycles. The molecule has 60 valence electrons. The minimum atomic E-state index is 0.272. The SMILES string of the molecule is CCC#CCC1CCCC1=O. The van der Waals surface area contributed by atoms with Gasteiger partial charge in [0.1, 0.15) is 5.78 Å². The van der Waals surface area contributed by atoms with Crippen molar-refractivity contribution in [1.29, 1.82) is 0 Å². The molecule has 1 unspecified atom stereocenters. The lowest BCUT2D eigenvalue weighted by Gasteiger charge is -1.99. The summed E-state index contributed by atoms with van der Waals surface area (Å²) in [7, 11) is 0. The first kappa shape index (κ1) is 8.33. The third kappa shape index (κ3) is 2.38. The predicted molar refractivity (Wildman–Crippen MR) is 45.0 cm³/mol. The van der Waals surface area contributed by atoms with Crippen LogP contribution in [-0.4, -0.2) is 5.78 Å². The lowest BCUT2D eigenvalue weighted by atomic mass is 10.0. The Morgan fingerprint density at radius 3 is 2.91 bits per heavy atom. The third-order valence-electron chi connectivity index (χ3n) is 2.08. The fourth-order valence-electron chi connectivity index (χ4n) is 1.42. The summed E-state index contributed by atoms with van der Waals surface area (Å²) >= 11 is 0. The van der Waals surface area contributed by atoms with Crippen molar-refractivity contribution in [2.45, 2.75) is 39.0 Å². The van der Waals surface area contributed by atoms with E-state index in [4.69, 9.17) is 0 Å². The van der Waals surface area contributed by atoms with Crippen molar-refractivity contribution in [3.8, 4) is 11.8 Å². The summed E-state index contributed by atoms with van der Waals surface area (Å²) in [6.07, 6.45) is 4.64. The highest BCUT2D eigenvalue weighted by Crippen LogP contribution is 2.23. The van der Waals surface area contributed by atoms with Gasteiger partial charge in [-0.25, -0.2) is 0 Å². The van der Waals surface area contributed by atoms with Crippen LogP contribution in [-0.2, 0) is 4.79 Å². The highest BCUT2D eigenvalue weighted by molar-refractivity contribution is 5.83. The molecule has 0 aromatic carbocycles. The molecule has 0 spiro atoms. The fourth-order valence-corrected chi connectivity index (χ4v) is 1.42. The largest absolute Gasteiger partial charge is 0.299 e. The molecule has 1 saturated carbocycles. The van der Waals surface area contributed by atoms with Crippen molar-refractivity contribution in [2.75, 3.05) is 0 Å². The standard InChI is InChI=1S/C10H14O/c1-2-3-4-6-9-7-5-8-10(9)11/h9H,2,5-8H2,1H3. The summed E-state index contributed by atoms with van der Waals surface area (Å²) in [6.45, 7) is 2.03. The van der Waals surface area contributed by atoms with Gasteiger partial charge in [0.15, 0.2) is 0 Å². The molecule has 1 heteroatoms. The zero-order chi connectivity index (χ0) is 8.10. The van der Waals surface area contributed by atoms with Gasteiger partial charge in [-0.2, -0.15) is 0 Å². The van der Waals surface area contributed by atoms with E-state index in [2.05, 4.69) is 11.8 Å². The van der Waals surface area contributed by atoms with Crippen molar-refractivity contribution >= 4 is 5.78 Å². The van der Waals surface area contributed by atoms with E-state index in [9.17, 15) is 4.79 Å². The minimum Gasteiger partial charge on any atom is -0.299 e. The van der Waals surface area contributed by atoms with Crippen molar-refractivity contribution < 1.29 is 4.79 Å². The summed E-state index contributed by atoms with van der Waals surface area (Å²) < 4.78 is 0. The zero-order valence-electron chi connectivity index (χ0n) is 7.02. The first-order chi connectivity index (χ1) is 5.34. The predicted octanol–water partition coefficient (Wildman–Crippen LogP) is 2.16. The third-order valence-corrected chi connectivity index (χ3v) is 2.08. The second kappa shape index (κ2) is 4.18. The Morgan fingerprint density at radius 2 is 2.36 bits per heavy atom. The molecule has 0 amide bonds. The van der Waals surface area contributed by atoms with E-state index in [1.807, 2.05) is 6.92 Å². The number of rotatable bonds is 1. The Balaban J connectivity index is 2.31. The molecular weight excluding hydrogens is 136 g/mol. The molecule has 0 saturated heterocycles. The molecule has 1 rings (SSSR count). The smallest absolute Gasteiger partial charge is 0.136 e. The summed E-state index contributed by atoms with van der Waals surface area (Å²) in [6, 6.07) is 0. The van der Waals surface area contributed by atoms with Gasteiger partial charge >= 0.3 is 0 Å². The van der Waals surface area contributed by atoms with E-state index in [1.165, 1.54) is 0 Å². The van der Waals surface area contributed by atoms with Gasteiger partial charge in [0.2, 0.25) is 0 Å². The van der Waals surface area contributed by atoms with Crippen LogP contribution in [0.3, 0.4) is 0 Å². The van der Waals surface area contributed by atoms with Crippen molar-refractivity contribution in [2.24, 2.45) is 5.92 Å².